The first-order valence-electron chi connectivity index (χ1n) is 9.88. The van der Waals surface area contributed by atoms with Gasteiger partial charge in [-0.2, -0.15) is 0 Å². The minimum Gasteiger partial charge on any atom is -0.340 e. The molecule has 0 bridgehead atoms. The molecule has 2 amide bonds. The van der Waals surface area contributed by atoms with Crippen LogP contribution in [0.2, 0.25) is 0 Å². The summed E-state index contributed by atoms with van der Waals surface area (Å²) in [6, 6.07) is 0.407. The van der Waals surface area contributed by atoms with Crippen molar-refractivity contribution in [2.45, 2.75) is 52.1 Å². The fourth-order valence-corrected chi connectivity index (χ4v) is 3.98. The number of hydrogen-bond donors (Lipinski definition) is 0. The summed E-state index contributed by atoms with van der Waals surface area (Å²) in [6.07, 6.45) is 7.31. The van der Waals surface area contributed by atoms with Gasteiger partial charge in [0.25, 0.3) is 0 Å². The highest BCUT2D eigenvalue weighted by Crippen LogP contribution is 2.13. The molecule has 2 aliphatic rings. The fraction of sp³-hybridized carbons (Fsp3) is 0.737. The molecule has 7 heteroatoms. The standard InChI is InChI=1S/C19H31N5O2/c1-3-17-20-7-11-23(17)14-16(2)21-9-5-10-22(13-12-21)19(26)15-24-8-4-6-18(24)25/h7,11,16H,3-6,8-10,12-15H2,1-2H3. The first-order chi connectivity index (χ1) is 12.6. The molecule has 1 atom stereocenters. The molecule has 0 N–H and O–H groups in total. The van der Waals surface area contributed by atoms with Crippen LogP contribution in [0.15, 0.2) is 12.4 Å². The summed E-state index contributed by atoms with van der Waals surface area (Å²) < 4.78 is 2.23. The second kappa shape index (κ2) is 8.66. The lowest BCUT2D eigenvalue weighted by Crippen LogP contribution is -2.43. The number of carbonyl (C=O) groups is 2. The van der Waals surface area contributed by atoms with Gasteiger partial charge in [0, 0.05) is 70.5 Å². The third kappa shape index (κ3) is 4.44. The summed E-state index contributed by atoms with van der Waals surface area (Å²) in [5.74, 6) is 1.34. The Labute approximate surface area is 156 Å². The van der Waals surface area contributed by atoms with Crippen molar-refractivity contribution in [1.82, 2.24) is 24.3 Å². The Hall–Kier alpha value is -1.89. The van der Waals surface area contributed by atoms with Crippen LogP contribution in [0, 0.1) is 0 Å². The van der Waals surface area contributed by atoms with Crippen LogP contribution in [0.3, 0.4) is 0 Å². The second-order valence-electron chi connectivity index (χ2n) is 7.39. The van der Waals surface area contributed by atoms with E-state index in [-0.39, 0.29) is 18.4 Å². The molecule has 0 aromatic carbocycles. The van der Waals surface area contributed by atoms with Crippen LogP contribution in [0.5, 0.6) is 0 Å². The van der Waals surface area contributed by atoms with Gasteiger partial charge >= 0.3 is 0 Å². The van der Waals surface area contributed by atoms with E-state index >= 15 is 0 Å². The highest BCUT2D eigenvalue weighted by molar-refractivity contribution is 5.85. The summed E-state index contributed by atoms with van der Waals surface area (Å²) in [6.45, 7) is 9.71. The molecule has 3 rings (SSSR count). The number of aryl methyl sites for hydroxylation is 1. The maximum Gasteiger partial charge on any atom is 0.242 e. The molecule has 0 saturated carbocycles. The van der Waals surface area contributed by atoms with Crippen LogP contribution in [-0.2, 0) is 22.6 Å². The summed E-state index contributed by atoms with van der Waals surface area (Å²) in [5.41, 5.74) is 0. The number of likely N-dealkylation sites (tertiary alicyclic amines) is 1. The number of imidazole rings is 1. The average molecular weight is 361 g/mol. The molecule has 2 saturated heterocycles. The predicted octanol–water partition coefficient (Wildman–Crippen LogP) is 0.991. The summed E-state index contributed by atoms with van der Waals surface area (Å²) in [7, 11) is 0. The number of aromatic nitrogens is 2. The Balaban J connectivity index is 1.51. The van der Waals surface area contributed by atoms with Gasteiger partial charge in [0.1, 0.15) is 5.82 Å². The minimum atomic E-state index is 0.0950. The molecular weight excluding hydrogens is 330 g/mol. The molecule has 3 heterocycles. The molecule has 0 radical (unpaired) electrons. The normalized spacial score (nSPS) is 20.5. The Morgan fingerprint density at radius 2 is 2.04 bits per heavy atom. The summed E-state index contributed by atoms with van der Waals surface area (Å²) in [4.78, 5) is 34.8. The van der Waals surface area contributed by atoms with Crippen LogP contribution in [0.25, 0.3) is 0 Å². The minimum absolute atomic E-state index is 0.0950. The SMILES string of the molecule is CCc1nccn1CC(C)N1CCCN(C(=O)CN2CCCC2=O)CC1. The van der Waals surface area contributed by atoms with Crippen LogP contribution in [0.4, 0.5) is 0 Å². The molecule has 1 unspecified atom stereocenters. The zero-order valence-corrected chi connectivity index (χ0v) is 16.1. The average Bonchev–Trinajstić information content (AvgIpc) is 3.15. The zero-order chi connectivity index (χ0) is 18.5. The maximum absolute atomic E-state index is 12.6. The Morgan fingerprint density at radius 1 is 1.19 bits per heavy atom. The van der Waals surface area contributed by atoms with Crippen molar-refractivity contribution in [1.29, 1.82) is 0 Å². The maximum atomic E-state index is 12.6. The van der Waals surface area contributed by atoms with E-state index in [9.17, 15) is 9.59 Å². The van der Waals surface area contributed by atoms with E-state index in [1.807, 2.05) is 11.1 Å². The number of rotatable bonds is 6. The van der Waals surface area contributed by atoms with Gasteiger partial charge in [-0.15, -0.1) is 0 Å². The molecule has 1 aromatic rings. The van der Waals surface area contributed by atoms with Crippen molar-refractivity contribution in [2.24, 2.45) is 0 Å². The second-order valence-corrected chi connectivity index (χ2v) is 7.39. The van der Waals surface area contributed by atoms with Crippen LogP contribution >= 0.6 is 0 Å². The Bertz CT molecular complexity index is 629. The van der Waals surface area contributed by atoms with Crippen molar-refractivity contribution in [2.75, 3.05) is 39.3 Å². The lowest BCUT2D eigenvalue weighted by atomic mass is 10.2. The number of carbonyl (C=O) groups excluding carboxylic acids is 2. The van der Waals surface area contributed by atoms with E-state index in [0.29, 0.717) is 12.5 Å². The molecule has 144 valence electrons. The monoisotopic (exact) mass is 361 g/mol. The smallest absolute Gasteiger partial charge is 0.242 e. The van der Waals surface area contributed by atoms with Crippen molar-refractivity contribution < 1.29 is 9.59 Å². The first kappa shape index (κ1) is 18.9. The lowest BCUT2D eigenvalue weighted by molar-refractivity contribution is -0.138. The highest BCUT2D eigenvalue weighted by atomic mass is 16.2. The molecule has 2 aliphatic heterocycles. The van der Waals surface area contributed by atoms with Crippen molar-refractivity contribution in [3.05, 3.63) is 18.2 Å². The van der Waals surface area contributed by atoms with E-state index < -0.39 is 0 Å². The molecule has 7 nitrogen and oxygen atoms in total. The van der Waals surface area contributed by atoms with Gasteiger partial charge in [0.05, 0.1) is 6.54 Å². The molecule has 0 aliphatic carbocycles. The summed E-state index contributed by atoms with van der Waals surface area (Å²) in [5, 5.41) is 0. The first-order valence-corrected chi connectivity index (χ1v) is 9.88. The topological polar surface area (TPSA) is 61.7 Å². The third-order valence-corrected chi connectivity index (χ3v) is 5.58. The Kier molecular flexibility index (Phi) is 6.29. The van der Waals surface area contributed by atoms with Gasteiger partial charge in [-0.05, 0) is 19.8 Å². The van der Waals surface area contributed by atoms with Gasteiger partial charge < -0.3 is 14.4 Å². The van der Waals surface area contributed by atoms with Crippen molar-refractivity contribution >= 4 is 11.8 Å². The van der Waals surface area contributed by atoms with Gasteiger partial charge in [-0.1, -0.05) is 6.92 Å². The van der Waals surface area contributed by atoms with E-state index in [1.54, 1.807) is 4.90 Å². The van der Waals surface area contributed by atoms with Crippen LogP contribution in [-0.4, -0.2) is 81.4 Å². The third-order valence-electron chi connectivity index (χ3n) is 5.58. The predicted molar refractivity (Wildman–Crippen MR) is 99.7 cm³/mol. The fourth-order valence-electron chi connectivity index (χ4n) is 3.98. The van der Waals surface area contributed by atoms with Crippen LogP contribution in [0.1, 0.15) is 38.9 Å². The van der Waals surface area contributed by atoms with Crippen molar-refractivity contribution in [3.8, 4) is 0 Å². The largest absolute Gasteiger partial charge is 0.340 e. The lowest BCUT2D eigenvalue weighted by Gasteiger charge is -2.28. The van der Waals surface area contributed by atoms with E-state index in [4.69, 9.17) is 0 Å². The molecule has 2 fully saturated rings. The molecule has 1 aromatic heterocycles. The van der Waals surface area contributed by atoms with Gasteiger partial charge in [-0.25, -0.2) is 4.98 Å². The number of nitrogens with zero attached hydrogens (tertiary/aromatic N) is 5. The number of hydrogen-bond acceptors (Lipinski definition) is 4. The quantitative estimate of drug-likeness (QED) is 0.758. The van der Waals surface area contributed by atoms with Gasteiger partial charge in [0.2, 0.25) is 11.8 Å². The Morgan fingerprint density at radius 3 is 2.77 bits per heavy atom. The van der Waals surface area contributed by atoms with Gasteiger partial charge in [0.15, 0.2) is 0 Å². The molecule has 0 spiro atoms. The summed E-state index contributed by atoms with van der Waals surface area (Å²) >= 11 is 0. The van der Waals surface area contributed by atoms with Gasteiger partial charge in [-0.3, -0.25) is 14.5 Å². The molecule has 26 heavy (non-hydrogen) atoms. The molecular formula is C19H31N5O2. The highest BCUT2D eigenvalue weighted by Gasteiger charge is 2.27. The zero-order valence-electron chi connectivity index (χ0n) is 16.1. The van der Waals surface area contributed by atoms with Crippen molar-refractivity contribution in [3.63, 3.8) is 0 Å². The number of amides is 2. The van der Waals surface area contributed by atoms with E-state index in [1.165, 1.54) is 0 Å². The van der Waals surface area contributed by atoms with E-state index in [2.05, 4.69) is 34.5 Å². The van der Waals surface area contributed by atoms with Crippen LogP contribution < -0.4 is 0 Å². The van der Waals surface area contributed by atoms with E-state index in [0.717, 1.165) is 64.4 Å².